The van der Waals surface area contributed by atoms with Crippen LogP contribution >= 0.6 is 0 Å². The number of carbonyl (C=O) groups excluding carboxylic acids is 1. The molecule has 0 aromatic heterocycles. The number of carbonyl (C=O) groups is 1. The van der Waals surface area contributed by atoms with Crippen molar-refractivity contribution in [3.05, 3.63) is 0 Å². The van der Waals surface area contributed by atoms with Gasteiger partial charge in [0, 0.05) is 6.54 Å². The van der Waals surface area contributed by atoms with Gasteiger partial charge in [0.15, 0.2) is 6.10 Å². The summed E-state index contributed by atoms with van der Waals surface area (Å²) in [6.07, 6.45) is -6.45. The van der Waals surface area contributed by atoms with Gasteiger partial charge in [-0.1, -0.05) is 6.92 Å². The molecule has 8 nitrogen and oxygen atoms in total. The summed E-state index contributed by atoms with van der Waals surface area (Å²) in [6.45, 7) is 3.00. The first-order valence-electron chi connectivity index (χ1n) is 7.01. The Kier molecular flexibility index (Phi) is 9.67. The van der Waals surface area contributed by atoms with Gasteiger partial charge in [-0.05, 0) is 25.7 Å². The van der Waals surface area contributed by atoms with Gasteiger partial charge in [-0.25, -0.2) is 0 Å². The Morgan fingerprint density at radius 3 is 2.10 bits per heavy atom. The standard InChI is InChI=1S/C13H27NO7/c1-7(8(2)16)4-3-5-14-13(21)12(20)11(19)10(18)9(17)6-15/h7-12,15-20H,3-6H2,1-2H3,(H,14,21)/t7?,8?,9-,10-,11+,12-/m1/s1. The second-order valence-corrected chi connectivity index (χ2v) is 5.33. The lowest BCUT2D eigenvalue weighted by molar-refractivity contribution is -0.148. The first-order valence-corrected chi connectivity index (χ1v) is 7.01. The number of rotatable bonds is 10. The molecule has 0 saturated carbocycles. The topological polar surface area (TPSA) is 150 Å². The van der Waals surface area contributed by atoms with E-state index in [0.717, 1.165) is 0 Å². The number of nitrogens with one attached hydrogen (secondary N) is 1. The second kappa shape index (κ2) is 10.0. The summed E-state index contributed by atoms with van der Waals surface area (Å²) in [4.78, 5) is 11.6. The number of aliphatic hydroxyl groups is 6. The maximum absolute atomic E-state index is 11.6. The molecule has 6 atom stereocenters. The molecule has 0 fully saturated rings. The molecule has 8 heteroatoms. The van der Waals surface area contributed by atoms with Crippen molar-refractivity contribution in [3.8, 4) is 0 Å². The molecule has 0 aliphatic rings. The van der Waals surface area contributed by atoms with Crippen LogP contribution in [0.25, 0.3) is 0 Å². The molecule has 0 spiro atoms. The van der Waals surface area contributed by atoms with E-state index in [1.165, 1.54) is 0 Å². The Morgan fingerprint density at radius 2 is 1.62 bits per heavy atom. The summed E-state index contributed by atoms with van der Waals surface area (Å²) < 4.78 is 0. The molecule has 21 heavy (non-hydrogen) atoms. The molecule has 0 heterocycles. The van der Waals surface area contributed by atoms with Crippen LogP contribution in [0.2, 0.25) is 0 Å². The molecule has 0 aliphatic carbocycles. The summed E-state index contributed by atoms with van der Waals surface area (Å²) in [7, 11) is 0. The van der Waals surface area contributed by atoms with E-state index in [2.05, 4.69) is 5.32 Å². The van der Waals surface area contributed by atoms with Crippen LogP contribution in [-0.4, -0.2) is 80.2 Å². The van der Waals surface area contributed by atoms with Crippen LogP contribution in [0.3, 0.4) is 0 Å². The van der Waals surface area contributed by atoms with Crippen molar-refractivity contribution in [2.45, 2.75) is 57.2 Å². The van der Waals surface area contributed by atoms with Crippen LogP contribution in [0.1, 0.15) is 26.7 Å². The van der Waals surface area contributed by atoms with Gasteiger partial charge >= 0.3 is 0 Å². The van der Waals surface area contributed by atoms with Crippen molar-refractivity contribution in [2.75, 3.05) is 13.2 Å². The third kappa shape index (κ3) is 7.16. The molecule has 0 saturated heterocycles. The summed E-state index contributed by atoms with van der Waals surface area (Å²) in [5.74, 6) is -0.796. The normalized spacial score (nSPS) is 20.2. The lowest BCUT2D eigenvalue weighted by Gasteiger charge is -2.25. The van der Waals surface area contributed by atoms with Crippen LogP contribution in [-0.2, 0) is 4.79 Å². The fourth-order valence-electron chi connectivity index (χ4n) is 1.66. The summed E-state index contributed by atoms with van der Waals surface area (Å²) in [5.41, 5.74) is 0. The highest BCUT2D eigenvalue weighted by molar-refractivity contribution is 5.81. The van der Waals surface area contributed by atoms with Gasteiger partial charge in [0.2, 0.25) is 0 Å². The fraction of sp³-hybridized carbons (Fsp3) is 0.923. The maximum Gasteiger partial charge on any atom is 0.251 e. The van der Waals surface area contributed by atoms with Crippen LogP contribution in [0.4, 0.5) is 0 Å². The van der Waals surface area contributed by atoms with Gasteiger partial charge < -0.3 is 36.0 Å². The molecular weight excluding hydrogens is 282 g/mol. The van der Waals surface area contributed by atoms with Crippen molar-refractivity contribution < 1.29 is 35.4 Å². The largest absolute Gasteiger partial charge is 0.394 e. The molecule has 126 valence electrons. The number of hydrogen-bond donors (Lipinski definition) is 7. The smallest absolute Gasteiger partial charge is 0.251 e. The minimum absolute atomic E-state index is 0.0824. The fourth-order valence-corrected chi connectivity index (χ4v) is 1.66. The third-order valence-electron chi connectivity index (χ3n) is 3.48. The molecule has 1 amide bonds. The predicted octanol–water partition coefficient (Wildman–Crippen LogP) is -2.66. The highest BCUT2D eigenvalue weighted by atomic mass is 16.4. The maximum atomic E-state index is 11.6. The lowest BCUT2D eigenvalue weighted by atomic mass is 10.00. The van der Waals surface area contributed by atoms with E-state index in [-0.39, 0.29) is 12.5 Å². The zero-order chi connectivity index (χ0) is 16.6. The molecule has 0 radical (unpaired) electrons. The Hall–Kier alpha value is -0.770. The molecule has 0 rings (SSSR count). The quantitative estimate of drug-likeness (QED) is 0.218. The average molecular weight is 309 g/mol. The SMILES string of the molecule is CC(O)C(C)CCCNC(=O)[C@H](O)[C@@H](O)[C@H](O)[C@H](O)CO. The zero-order valence-corrected chi connectivity index (χ0v) is 12.4. The molecule has 0 bridgehead atoms. The molecular formula is C13H27NO7. The molecule has 0 aliphatic heterocycles. The Balaban J connectivity index is 4.10. The van der Waals surface area contributed by atoms with E-state index in [4.69, 9.17) is 10.2 Å². The average Bonchev–Trinajstić information content (AvgIpc) is 2.47. The Bertz CT molecular complexity index is 300. The summed E-state index contributed by atoms with van der Waals surface area (Å²) >= 11 is 0. The van der Waals surface area contributed by atoms with Crippen LogP contribution in [0.5, 0.6) is 0 Å². The number of aliphatic hydroxyl groups excluding tert-OH is 6. The van der Waals surface area contributed by atoms with E-state index in [1.54, 1.807) is 6.92 Å². The molecule has 0 aromatic rings. The first kappa shape index (κ1) is 20.2. The van der Waals surface area contributed by atoms with Crippen molar-refractivity contribution in [1.82, 2.24) is 5.32 Å². The zero-order valence-electron chi connectivity index (χ0n) is 12.4. The van der Waals surface area contributed by atoms with Crippen LogP contribution < -0.4 is 5.32 Å². The van der Waals surface area contributed by atoms with Gasteiger partial charge in [-0.2, -0.15) is 0 Å². The number of amides is 1. The van der Waals surface area contributed by atoms with Crippen molar-refractivity contribution in [1.29, 1.82) is 0 Å². The molecule has 0 aromatic carbocycles. The van der Waals surface area contributed by atoms with E-state index in [1.807, 2.05) is 6.92 Å². The number of hydrogen-bond acceptors (Lipinski definition) is 7. The minimum atomic E-state index is -1.91. The van der Waals surface area contributed by atoms with E-state index in [9.17, 15) is 25.2 Å². The van der Waals surface area contributed by atoms with Crippen LogP contribution in [0, 0.1) is 5.92 Å². The monoisotopic (exact) mass is 309 g/mol. The first-order chi connectivity index (χ1) is 9.72. The van der Waals surface area contributed by atoms with Gasteiger partial charge in [0.05, 0.1) is 12.7 Å². The summed E-state index contributed by atoms with van der Waals surface area (Å²) in [5, 5.41) is 57.9. The van der Waals surface area contributed by atoms with Crippen molar-refractivity contribution >= 4 is 5.91 Å². The molecule has 2 unspecified atom stereocenters. The Labute approximate surface area is 124 Å². The van der Waals surface area contributed by atoms with Crippen molar-refractivity contribution in [2.24, 2.45) is 5.92 Å². The highest BCUT2D eigenvalue weighted by Crippen LogP contribution is 2.10. The van der Waals surface area contributed by atoms with E-state index >= 15 is 0 Å². The van der Waals surface area contributed by atoms with Crippen LogP contribution in [0.15, 0.2) is 0 Å². The van der Waals surface area contributed by atoms with Gasteiger partial charge in [0.25, 0.3) is 5.91 Å². The summed E-state index contributed by atoms with van der Waals surface area (Å²) in [6, 6.07) is 0. The minimum Gasteiger partial charge on any atom is -0.394 e. The predicted molar refractivity (Wildman–Crippen MR) is 74.2 cm³/mol. The van der Waals surface area contributed by atoms with Gasteiger partial charge in [0.1, 0.15) is 18.3 Å². The Morgan fingerprint density at radius 1 is 1.05 bits per heavy atom. The lowest BCUT2D eigenvalue weighted by Crippen LogP contribution is -2.51. The van der Waals surface area contributed by atoms with E-state index < -0.39 is 43.0 Å². The highest BCUT2D eigenvalue weighted by Gasteiger charge is 2.33. The third-order valence-corrected chi connectivity index (χ3v) is 3.48. The van der Waals surface area contributed by atoms with Crippen molar-refractivity contribution in [3.63, 3.8) is 0 Å². The van der Waals surface area contributed by atoms with Gasteiger partial charge in [-0.3, -0.25) is 4.79 Å². The van der Waals surface area contributed by atoms with E-state index in [0.29, 0.717) is 12.8 Å². The van der Waals surface area contributed by atoms with Gasteiger partial charge in [-0.15, -0.1) is 0 Å². The second-order valence-electron chi connectivity index (χ2n) is 5.33. The molecule has 7 N–H and O–H groups in total.